The quantitative estimate of drug-likeness (QED) is 0.658. The van der Waals surface area contributed by atoms with Crippen LogP contribution in [0.3, 0.4) is 0 Å². The minimum Gasteiger partial charge on any atom is -0.454 e. The summed E-state index contributed by atoms with van der Waals surface area (Å²) in [6, 6.07) is 14.1. The van der Waals surface area contributed by atoms with Gasteiger partial charge in [-0.2, -0.15) is 0 Å². The first-order valence-corrected chi connectivity index (χ1v) is 10.4. The van der Waals surface area contributed by atoms with Crippen molar-refractivity contribution in [3.8, 4) is 11.5 Å². The lowest BCUT2D eigenvalue weighted by molar-refractivity contribution is 0.155. The Morgan fingerprint density at radius 1 is 1.14 bits per heavy atom. The molecule has 0 radical (unpaired) electrons. The van der Waals surface area contributed by atoms with Crippen LogP contribution >= 0.6 is 0 Å². The van der Waals surface area contributed by atoms with E-state index in [0.717, 1.165) is 55.9 Å². The van der Waals surface area contributed by atoms with Crippen molar-refractivity contribution in [2.45, 2.75) is 32.2 Å². The molecule has 5 rings (SSSR count). The van der Waals surface area contributed by atoms with Crippen LogP contribution in [0.15, 0.2) is 51.7 Å². The third-order valence-electron chi connectivity index (χ3n) is 5.96. The molecule has 0 aliphatic carbocycles. The highest BCUT2D eigenvalue weighted by molar-refractivity contribution is 5.72. The molecule has 0 unspecified atom stereocenters. The zero-order valence-corrected chi connectivity index (χ0v) is 16.7. The van der Waals surface area contributed by atoms with Crippen molar-refractivity contribution >= 4 is 11.1 Å². The number of benzene rings is 2. The molecular formula is C23H26N2O4. The minimum absolute atomic E-state index is 0.164. The monoisotopic (exact) mass is 394 g/mol. The molecule has 1 saturated heterocycles. The largest absolute Gasteiger partial charge is 0.454 e. The van der Waals surface area contributed by atoms with E-state index in [1.165, 1.54) is 5.56 Å². The van der Waals surface area contributed by atoms with Crippen LogP contribution in [0.1, 0.15) is 31.4 Å². The van der Waals surface area contributed by atoms with Crippen LogP contribution in [0.25, 0.3) is 11.1 Å². The molecule has 2 aliphatic rings. The van der Waals surface area contributed by atoms with Crippen LogP contribution in [0.2, 0.25) is 0 Å². The van der Waals surface area contributed by atoms with Gasteiger partial charge in [0.15, 0.2) is 17.1 Å². The molecule has 29 heavy (non-hydrogen) atoms. The van der Waals surface area contributed by atoms with Gasteiger partial charge in [-0.15, -0.1) is 0 Å². The number of oxazole rings is 1. The molecule has 0 spiro atoms. The van der Waals surface area contributed by atoms with Gasteiger partial charge in [0.2, 0.25) is 6.79 Å². The molecule has 3 aromatic rings. The second-order valence-electron chi connectivity index (χ2n) is 8.26. The van der Waals surface area contributed by atoms with Gasteiger partial charge in [-0.3, -0.25) is 4.57 Å². The van der Waals surface area contributed by atoms with Crippen molar-refractivity contribution in [2.24, 2.45) is 5.92 Å². The molecular weight excluding hydrogens is 368 g/mol. The highest BCUT2D eigenvalue weighted by atomic mass is 16.7. The number of ether oxygens (including phenoxy) is 2. The first-order chi connectivity index (χ1) is 14.2. The molecule has 152 valence electrons. The van der Waals surface area contributed by atoms with E-state index >= 15 is 0 Å². The van der Waals surface area contributed by atoms with E-state index in [4.69, 9.17) is 13.9 Å². The summed E-state index contributed by atoms with van der Waals surface area (Å²) in [5, 5.41) is 0. The average molecular weight is 394 g/mol. The third kappa shape index (κ3) is 3.65. The second-order valence-corrected chi connectivity index (χ2v) is 8.26. The average Bonchev–Trinajstić information content (AvgIpc) is 3.30. The summed E-state index contributed by atoms with van der Waals surface area (Å²) in [4.78, 5) is 14.9. The maximum atomic E-state index is 12.5. The molecule has 0 amide bonds. The molecule has 2 aromatic carbocycles. The van der Waals surface area contributed by atoms with Gasteiger partial charge < -0.3 is 18.8 Å². The van der Waals surface area contributed by atoms with Crippen molar-refractivity contribution in [1.29, 1.82) is 0 Å². The maximum absolute atomic E-state index is 12.5. The van der Waals surface area contributed by atoms with E-state index in [9.17, 15) is 4.79 Å². The lowest BCUT2D eigenvalue weighted by atomic mass is 9.98. The molecule has 0 bridgehead atoms. The fraction of sp³-hybridized carbons (Fsp3) is 0.435. The smallest absolute Gasteiger partial charge is 0.420 e. The van der Waals surface area contributed by atoms with Gasteiger partial charge in [0.25, 0.3) is 0 Å². The number of rotatable bonds is 5. The van der Waals surface area contributed by atoms with Crippen molar-refractivity contribution < 1.29 is 13.9 Å². The summed E-state index contributed by atoms with van der Waals surface area (Å²) < 4.78 is 18.2. The molecule has 0 N–H and O–H groups in total. The fourth-order valence-electron chi connectivity index (χ4n) is 4.71. The third-order valence-corrected chi connectivity index (χ3v) is 5.96. The number of hydrogen-bond donors (Lipinski definition) is 0. The second kappa shape index (κ2) is 7.59. The summed E-state index contributed by atoms with van der Waals surface area (Å²) >= 11 is 0. The van der Waals surface area contributed by atoms with E-state index in [-0.39, 0.29) is 11.8 Å². The Morgan fingerprint density at radius 3 is 2.93 bits per heavy atom. The summed E-state index contributed by atoms with van der Waals surface area (Å²) in [6.07, 6.45) is 3.09. The number of piperidine rings is 1. The Balaban J connectivity index is 1.26. The van der Waals surface area contributed by atoms with E-state index < -0.39 is 0 Å². The van der Waals surface area contributed by atoms with Gasteiger partial charge in [-0.25, -0.2) is 4.79 Å². The Labute approximate surface area is 169 Å². The summed E-state index contributed by atoms with van der Waals surface area (Å²) in [7, 11) is 0. The lowest BCUT2D eigenvalue weighted by Gasteiger charge is -2.34. The topological polar surface area (TPSA) is 56.8 Å². The van der Waals surface area contributed by atoms with Crippen LogP contribution < -0.4 is 15.2 Å². The molecule has 1 fully saturated rings. The number of aromatic nitrogens is 1. The van der Waals surface area contributed by atoms with Gasteiger partial charge in [-0.05, 0) is 61.6 Å². The number of fused-ring (bicyclic) bond motifs is 2. The molecule has 2 aliphatic heterocycles. The van der Waals surface area contributed by atoms with Crippen LogP contribution in [0.4, 0.5) is 0 Å². The van der Waals surface area contributed by atoms with E-state index in [0.29, 0.717) is 18.3 Å². The van der Waals surface area contributed by atoms with Crippen molar-refractivity contribution in [2.75, 3.05) is 26.4 Å². The first-order valence-electron chi connectivity index (χ1n) is 10.4. The zero-order valence-electron chi connectivity index (χ0n) is 16.7. The highest BCUT2D eigenvalue weighted by Crippen LogP contribution is 2.33. The fourth-order valence-corrected chi connectivity index (χ4v) is 4.71. The molecule has 3 heterocycles. The van der Waals surface area contributed by atoms with Crippen LogP contribution in [0, 0.1) is 5.92 Å². The normalized spacial score (nSPS) is 20.2. The summed E-state index contributed by atoms with van der Waals surface area (Å²) in [5.41, 5.74) is 2.84. The van der Waals surface area contributed by atoms with Gasteiger partial charge >= 0.3 is 5.76 Å². The molecule has 6 heteroatoms. The Hall–Kier alpha value is -2.73. The molecule has 2 atom stereocenters. The summed E-state index contributed by atoms with van der Waals surface area (Å²) in [5.74, 6) is 1.94. The Morgan fingerprint density at radius 2 is 2.00 bits per heavy atom. The first kappa shape index (κ1) is 18.3. The van der Waals surface area contributed by atoms with Crippen molar-refractivity contribution in [3.05, 3.63) is 58.6 Å². The Bertz CT molecular complexity index is 1070. The van der Waals surface area contributed by atoms with Crippen LogP contribution in [-0.2, 0) is 6.42 Å². The van der Waals surface area contributed by atoms with Gasteiger partial charge in [0.05, 0.1) is 11.6 Å². The predicted octanol–water partition coefficient (Wildman–Crippen LogP) is 3.84. The number of likely N-dealkylation sites (tertiary alicyclic amines) is 1. The lowest BCUT2D eigenvalue weighted by Crippen LogP contribution is -2.41. The maximum Gasteiger partial charge on any atom is 0.420 e. The predicted molar refractivity (Wildman–Crippen MR) is 111 cm³/mol. The van der Waals surface area contributed by atoms with Crippen LogP contribution in [0.5, 0.6) is 11.5 Å². The van der Waals surface area contributed by atoms with Crippen molar-refractivity contribution in [1.82, 2.24) is 9.47 Å². The van der Waals surface area contributed by atoms with E-state index in [1.807, 2.05) is 34.9 Å². The zero-order chi connectivity index (χ0) is 19.8. The summed E-state index contributed by atoms with van der Waals surface area (Å²) in [6.45, 7) is 5.57. The number of para-hydroxylation sites is 2. The Kier molecular flexibility index (Phi) is 4.79. The highest BCUT2D eigenvalue weighted by Gasteiger charge is 2.26. The minimum atomic E-state index is -0.244. The standard InChI is InChI=1S/C23H26N2O4/c1-16(11-17-8-9-21-22(12-17)28-15-27-21)13-24-10-4-5-18(14-24)25-19-6-2-3-7-20(19)29-23(25)26/h2-3,6-9,12,16,18H,4-5,10-11,13-15H2,1H3/t16-,18-/m1/s1. The van der Waals surface area contributed by atoms with Crippen molar-refractivity contribution in [3.63, 3.8) is 0 Å². The molecule has 1 aromatic heterocycles. The van der Waals surface area contributed by atoms with E-state index in [1.54, 1.807) is 0 Å². The molecule has 0 saturated carbocycles. The number of nitrogens with zero attached hydrogens (tertiary/aromatic N) is 2. The SMILES string of the molecule is C[C@H](Cc1ccc2c(c1)OCO2)CN1CCC[C@@H](n2c(=O)oc3ccccc32)C1. The van der Waals surface area contributed by atoms with Gasteiger partial charge in [0, 0.05) is 13.1 Å². The van der Waals surface area contributed by atoms with E-state index in [2.05, 4.69) is 24.0 Å². The van der Waals surface area contributed by atoms with Gasteiger partial charge in [0.1, 0.15) is 0 Å². The number of hydrogen-bond acceptors (Lipinski definition) is 5. The molecule has 6 nitrogen and oxygen atoms in total. The van der Waals surface area contributed by atoms with Gasteiger partial charge in [-0.1, -0.05) is 25.1 Å². The van der Waals surface area contributed by atoms with Crippen LogP contribution in [-0.4, -0.2) is 35.9 Å².